The zero-order valence-corrected chi connectivity index (χ0v) is 16.6. The molecular weight excluding hydrogens is 375 g/mol. The van der Waals surface area contributed by atoms with Crippen LogP contribution in [0.2, 0.25) is 10.0 Å². The molecule has 2 aromatic rings. The third-order valence-electron chi connectivity index (χ3n) is 4.21. The molecule has 0 fully saturated rings. The fourth-order valence-electron chi connectivity index (χ4n) is 2.72. The number of aryl methyl sites for hydroxylation is 2. The summed E-state index contributed by atoms with van der Waals surface area (Å²) in [6.45, 7) is 2.40. The summed E-state index contributed by atoms with van der Waals surface area (Å²) in [6.07, 6.45) is 2.13. The van der Waals surface area contributed by atoms with Gasteiger partial charge in [0.2, 0.25) is 0 Å². The van der Waals surface area contributed by atoms with Gasteiger partial charge in [0.25, 0.3) is 11.5 Å². The molecule has 1 amide bonds. The highest BCUT2D eigenvalue weighted by Gasteiger charge is 2.18. The first kappa shape index (κ1) is 20.3. The number of nitrogens with zero attached hydrogens (tertiary/aromatic N) is 1. The van der Waals surface area contributed by atoms with Crippen molar-refractivity contribution in [3.63, 3.8) is 0 Å². The second-order valence-electron chi connectivity index (χ2n) is 5.91. The maximum absolute atomic E-state index is 12.5. The molecule has 0 aliphatic carbocycles. The van der Waals surface area contributed by atoms with E-state index in [1.54, 1.807) is 19.2 Å². The molecule has 26 heavy (non-hydrogen) atoms. The Kier molecular flexibility index (Phi) is 7.12. The van der Waals surface area contributed by atoms with Gasteiger partial charge in [0.05, 0.1) is 22.7 Å². The number of halogens is 2. The van der Waals surface area contributed by atoms with Gasteiger partial charge in [-0.25, -0.2) is 0 Å². The van der Waals surface area contributed by atoms with Gasteiger partial charge in [0.15, 0.2) is 5.75 Å². The van der Waals surface area contributed by atoms with Gasteiger partial charge in [-0.3, -0.25) is 9.59 Å². The zero-order valence-electron chi connectivity index (χ0n) is 15.1. The number of benzene rings is 1. The predicted octanol–water partition coefficient (Wildman–Crippen LogP) is 3.63. The van der Waals surface area contributed by atoms with E-state index in [-0.39, 0.29) is 22.8 Å². The summed E-state index contributed by atoms with van der Waals surface area (Å²) in [7, 11) is 3.06. The Labute approximate surface area is 162 Å². The molecule has 140 valence electrons. The maximum Gasteiger partial charge on any atom is 0.293 e. The van der Waals surface area contributed by atoms with Crippen LogP contribution in [0.25, 0.3) is 0 Å². The minimum atomic E-state index is -0.316. The number of carbonyl (C=O) groups is 1. The number of aromatic nitrogens is 1. The summed E-state index contributed by atoms with van der Waals surface area (Å²) in [5.41, 5.74) is 1.78. The van der Waals surface area contributed by atoms with Crippen molar-refractivity contribution in [2.24, 2.45) is 7.05 Å². The van der Waals surface area contributed by atoms with Crippen LogP contribution >= 0.6 is 23.2 Å². The van der Waals surface area contributed by atoms with E-state index in [9.17, 15) is 9.59 Å². The quantitative estimate of drug-likeness (QED) is 0.726. The van der Waals surface area contributed by atoms with E-state index in [4.69, 9.17) is 27.9 Å². The van der Waals surface area contributed by atoms with Gasteiger partial charge in [-0.2, -0.15) is 0 Å². The van der Waals surface area contributed by atoms with Crippen LogP contribution in [-0.2, 0) is 19.9 Å². The van der Waals surface area contributed by atoms with Crippen LogP contribution < -0.4 is 15.6 Å². The number of amides is 1. The van der Waals surface area contributed by atoms with Crippen molar-refractivity contribution in [1.29, 1.82) is 0 Å². The lowest BCUT2D eigenvalue weighted by Gasteiger charge is -2.13. The smallest absolute Gasteiger partial charge is 0.293 e. The topological polar surface area (TPSA) is 60.3 Å². The predicted molar refractivity (Wildman–Crippen MR) is 105 cm³/mol. The standard InChI is InChI=1S/C19H22Cl2N2O3/c1-4-13-11-14(17(26-3)19(25)23(13)2)18(24)22-9-5-6-12-7-8-15(20)16(21)10-12/h7-8,10-11H,4-6,9H2,1-3H3,(H,22,24). The van der Waals surface area contributed by atoms with Crippen LogP contribution in [0.3, 0.4) is 0 Å². The molecule has 0 atom stereocenters. The van der Waals surface area contributed by atoms with Crippen molar-refractivity contribution < 1.29 is 9.53 Å². The Hall–Kier alpha value is -1.98. The molecule has 1 N–H and O–H groups in total. The number of rotatable bonds is 7. The molecule has 0 radical (unpaired) electrons. The second kappa shape index (κ2) is 9.10. The number of pyridine rings is 1. The Morgan fingerprint density at radius 1 is 1.23 bits per heavy atom. The third-order valence-corrected chi connectivity index (χ3v) is 4.95. The van der Waals surface area contributed by atoms with Crippen LogP contribution in [-0.4, -0.2) is 24.1 Å². The Bertz CT molecular complexity index is 863. The first-order chi connectivity index (χ1) is 12.4. The summed E-state index contributed by atoms with van der Waals surface area (Å²) in [5.74, 6) is -0.255. The lowest BCUT2D eigenvalue weighted by Crippen LogP contribution is -2.30. The first-order valence-corrected chi connectivity index (χ1v) is 9.13. The molecular formula is C19H22Cl2N2O3. The van der Waals surface area contributed by atoms with Gasteiger partial charge in [-0.15, -0.1) is 0 Å². The lowest BCUT2D eigenvalue weighted by atomic mass is 10.1. The molecule has 1 aromatic carbocycles. The molecule has 0 spiro atoms. The first-order valence-electron chi connectivity index (χ1n) is 8.38. The highest BCUT2D eigenvalue weighted by atomic mass is 35.5. The number of hydrogen-bond donors (Lipinski definition) is 1. The summed E-state index contributed by atoms with van der Waals surface area (Å²) >= 11 is 11.9. The SMILES string of the molecule is CCc1cc(C(=O)NCCCc2ccc(Cl)c(Cl)c2)c(OC)c(=O)n1C. The zero-order chi connectivity index (χ0) is 19.3. The number of ether oxygens (including phenoxy) is 1. The molecule has 1 heterocycles. The van der Waals surface area contributed by atoms with Crippen molar-refractivity contribution in [2.45, 2.75) is 26.2 Å². The van der Waals surface area contributed by atoms with Gasteiger partial charge in [0, 0.05) is 19.3 Å². The van der Waals surface area contributed by atoms with Gasteiger partial charge < -0.3 is 14.6 Å². The molecule has 7 heteroatoms. The van der Waals surface area contributed by atoms with E-state index in [1.165, 1.54) is 11.7 Å². The number of nitrogens with one attached hydrogen (secondary N) is 1. The van der Waals surface area contributed by atoms with E-state index in [0.29, 0.717) is 23.0 Å². The molecule has 0 unspecified atom stereocenters. The van der Waals surface area contributed by atoms with E-state index in [1.807, 2.05) is 19.1 Å². The average molecular weight is 397 g/mol. The van der Waals surface area contributed by atoms with E-state index in [2.05, 4.69) is 5.32 Å². The highest BCUT2D eigenvalue weighted by Crippen LogP contribution is 2.23. The van der Waals surface area contributed by atoms with Gasteiger partial charge in [0.1, 0.15) is 0 Å². The molecule has 1 aromatic heterocycles. The number of carbonyl (C=O) groups excluding carboxylic acids is 1. The van der Waals surface area contributed by atoms with Crippen molar-refractivity contribution >= 4 is 29.1 Å². The van der Waals surface area contributed by atoms with E-state index < -0.39 is 0 Å². The average Bonchev–Trinajstić information content (AvgIpc) is 2.63. The summed E-state index contributed by atoms with van der Waals surface area (Å²) in [6, 6.07) is 7.19. The van der Waals surface area contributed by atoms with Gasteiger partial charge >= 0.3 is 0 Å². The van der Waals surface area contributed by atoms with E-state index in [0.717, 1.165) is 24.1 Å². The highest BCUT2D eigenvalue weighted by molar-refractivity contribution is 6.42. The Morgan fingerprint density at radius 3 is 2.58 bits per heavy atom. The minimum absolute atomic E-state index is 0.0617. The summed E-state index contributed by atoms with van der Waals surface area (Å²) in [5, 5.41) is 3.88. The number of hydrogen-bond acceptors (Lipinski definition) is 3. The Balaban J connectivity index is 2.02. The monoisotopic (exact) mass is 396 g/mol. The molecule has 2 rings (SSSR count). The third kappa shape index (κ3) is 4.59. The van der Waals surface area contributed by atoms with E-state index >= 15 is 0 Å². The molecule has 0 saturated carbocycles. The van der Waals surface area contributed by atoms with Crippen LogP contribution in [0.1, 0.15) is 35.0 Å². The fraction of sp³-hybridized carbons (Fsp3) is 0.368. The molecule has 0 aliphatic heterocycles. The normalized spacial score (nSPS) is 10.7. The number of methoxy groups -OCH3 is 1. The molecule has 0 saturated heterocycles. The minimum Gasteiger partial charge on any atom is -0.491 e. The van der Waals surface area contributed by atoms with Crippen LogP contribution in [0, 0.1) is 0 Å². The maximum atomic E-state index is 12.5. The van der Waals surface area contributed by atoms with Crippen molar-refractivity contribution in [3.8, 4) is 5.75 Å². The summed E-state index contributed by atoms with van der Waals surface area (Å²) < 4.78 is 6.66. The fourth-order valence-corrected chi connectivity index (χ4v) is 3.04. The van der Waals surface area contributed by atoms with Gasteiger partial charge in [-0.05, 0) is 43.0 Å². The second-order valence-corrected chi connectivity index (χ2v) is 6.72. The van der Waals surface area contributed by atoms with Crippen LogP contribution in [0.15, 0.2) is 29.1 Å². The van der Waals surface area contributed by atoms with Crippen LogP contribution in [0.5, 0.6) is 5.75 Å². The van der Waals surface area contributed by atoms with Crippen molar-refractivity contribution in [2.75, 3.05) is 13.7 Å². The van der Waals surface area contributed by atoms with Crippen molar-refractivity contribution in [3.05, 3.63) is 61.5 Å². The Morgan fingerprint density at radius 2 is 1.96 bits per heavy atom. The lowest BCUT2D eigenvalue weighted by molar-refractivity contribution is 0.0949. The van der Waals surface area contributed by atoms with Crippen molar-refractivity contribution in [1.82, 2.24) is 9.88 Å². The molecule has 0 aliphatic rings. The van der Waals surface area contributed by atoms with Gasteiger partial charge in [-0.1, -0.05) is 36.2 Å². The largest absolute Gasteiger partial charge is 0.491 e. The van der Waals surface area contributed by atoms with Crippen LogP contribution in [0.4, 0.5) is 0 Å². The molecule has 5 nitrogen and oxygen atoms in total. The summed E-state index contributed by atoms with van der Waals surface area (Å²) in [4.78, 5) is 24.8. The molecule has 0 bridgehead atoms.